The lowest BCUT2D eigenvalue weighted by Crippen LogP contribution is -2.22. The summed E-state index contributed by atoms with van der Waals surface area (Å²) >= 11 is 1.63. The van der Waals surface area contributed by atoms with Crippen LogP contribution in [0.2, 0.25) is 0 Å². The molecule has 0 radical (unpaired) electrons. The van der Waals surface area contributed by atoms with E-state index in [1.165, 1.54) is 5.56 Å². The van der Waals surface area contributed by atoms with E-state index in [1.54, 1.807) is 29.5 Å². The van der Waals surface area contributed by atoms with Crippen molar-refractivity contribution in [1.29, 1.82) is 0 Å². The fourth-order valence-electron chi connectivity index (χ4n) is 1.66. The average molecular weight is 261 g/mol. The van der Waals surface area contributed by atoms with Gasteiger partial charge in [0.05, 0.1) is 6.54 Å². The van der Waals surface area contributed by atoms with Crippen molar-refractivity contribution in [3.63, 3.8) is 0 Å². The summed E-state index contributed by atoms with van der Waals surface area (Å²) in [6.45, 7) is 2.55. The minimum atomic E-state index is -0.165. The highest BCUT2D eigenvalue weighted by Gasteiger charge is 2.08. The Bertz CT molecular complexity index is 557. The maximum atomic E-state index is 11.9. The van der Waals surface area contributed by atoms with E-state index in [0.29, 0.717) is 23.5 Å². The van der Waals surface area contributed by atoms with Crippen molar-refractivity contribution in [3.8, 4) is 0 Å². The summed E-state index contributed by atoms with van der Waals surface area (Å²) in [4.78, 5) is 13.1. The van der Waals surface area contributed by atoms with Gasteiger partial charge in [0.1, 0.15) is 0 Å². The number of carbonyl (C=O) groups is 1. The van der Waals surface area contributed by atoms with Crippen molar-refractivity contribution in [2.24, 2.45) is 0 Å². The van der Waals surface area contributed by atoms with Crippen LogP contribution in [0.25, 0.3) is 0 Å². The van der Waals surface area contributed by atoms with Crippen molar-refractivity contribution in [2.45, 2.75) is 13.5 Å². The molecule has 94 valence electrons. The number of nitrogens with two attached hydrogens (primary N) is 2. The molecule has 4 nitrogen and oxygen atoms in total. The number of anilines is 2. The molecule has 0 aliphatic rings. The Morgan fingerprint density at radius 3 is 2.50 bits per heavy atom. The van der Waals surface area contributed by atoms with Crippen molar-refractivity contribution < 1.29 is 4.79 Å². The van der Waals surface area contributed by atoms with E-state index in [-0.39, 0.29) is 5.91 Å². The molecule has 2 rings (SSSR count). The van der Waals surface area contributed by atoms with Crippen LogP contribution in [0.15, 0.2) is 29.6 Å². The topological polar surface area (TPSA) is 81.1 Å². The van der Waals surface area contributed by atoms with Gasteiger partial charge in [0.2, 0.25) is 0 Å². The van der Waals surface area contributed by atoms with Gasteiger partial charge in [0, 0.05) is 21.8 Å². The monoisotopic (exact) mass is 261 g/mol. The van der Waals surface area contributed by atoms with Crippen molar-refractivity contribution >= 4 is 28.6 Å². The normalized spacial score (nSPS) is 10.3. The Labute approximate surface area is 110 Å². The Morgan fingerprint density at radius 1 is 1.28 bits per heavy atom. The number of rotatable bonds is 3. The summed E-state index contributed by atoms with van der Waals surface area (Å²) < 4.78 is 0. The van der Waals surface area contributed by atoms with Gasteiger partial charge in [-0.25, -0.2) is 0 Å². The van der Waals surface area contributed by atoms with Gasteiger partial charge in [-0.2, -0.15) is 0 Å². The number of benzene rings is 1. The molecule has 0 aliphatic carbocycles. The predicted molar refractivity (Wildman–Crippen MR) is 75.5 cm³/mol. The summed E-state index contributed by atoms with van der Waals surface area (Å²) in [5.74, 6) is -0.165. The highest BCUT2D eigenvalue weighted by atomic mass is 32.1. The Morgan fingerprint density at radius 2 is 1.94 bits per heavy atom. The van der Waals surface area contributed by atoms with Crippen molar-refractivity contribution in [2.75, 3.05) is 11.5 Å². The van der Waals surface area contributed by atoms with Gasteiger partial charge in [-0.15, -0.1) is 11.3 Å². The summed E-state index contributed by atoms with van der Waals surface area (Å²) in [5, 5.41) is 4.87. The minimum absolute atomic E-state index is 0.165. The highest BCUT2D eigenvalue weighted by Crippen LogP contribution is 2.16. The molecule has 0 fully saturated rings. The zero-order valence-corrected chi connectivity index (χ0v) is 10.9. The molecule has 0 atom stereocenters. The number of aryl methyl sites for hydroxylation is 1. The zero-order chi connectivity index (χ0) is 13.1. The molecular formula is C13H15N3OS. The van der Waals surface area contributed by atoms with E-state index in [1.807, 2.05) is 18.4 Å². The van der Waals surface area contributed by atoms with Crippen LogP contribution in [0.4, 0.5) is 11.4 Å². The van der Waals surface area contributed by atoms with E-state index in [0.717, 1.165) is 4.88 Å². The second-order valence-electron chi connectivity index (χ2n) is 4.10. The van der Waals surface area contributed by atoms with Crippen LogP contribution in [0.5, 0.6) is 0 Å². The van der Waals surface area contributed by atoms with Crippen LogP contribution in [0.1, 0.15) is 20.8 Å². The van der Waals surface area contributed by atoms with E-state index < -0.39 is 0 Å². The molecule has 1 heterocycles. The number of amides is 1. The molecule has 0 spiro atoms. The third-order valence-electron chi connectivity index (χ3n) is 2.62. The van der Waals surface area contributed by atoms with Crippen LogP contribution in [0, 0.1) is 6.92 Å². The smallest absolute Gasteiger partial charge is 0.251 e. The van der Waals surface area contributed by atoms with Crippen LogP contribution in [-0.2, 0) is 6.54 Å². The second kappa shape index (κ2) is 5.10. The maximum absolute atomic E-state index is 11.9. The summed E-state index contributed by atoms with van der Waals surface area (Å²) in [6.07, 6.45) is 0. The maximum Gasteiger partial charge on any atom is 0.251 e. The van der Waals surface area contributed by atoms with E-state index in [4.69, 9.17) is 11.5 Å². The van der Waals surface area contributed by atoms with Crippen LogP contribution >= 0.6 is 11.3 Å². The number of hydrogen-bond donors (Lipinski definition) is 3. The van der Waals surface area contributed by atoms with Gasteiger partial charge in [-0.1, -0.05) is 0 Å². The van der Waals surface area contributed by atoms with E-state index in [2.05, 4.69) is 5.32 Å². The van der Waals surface area contributed by atoms with Crippen LogP contribution < -0.4 is 16.8 Å². The molecule has 1 aromatic heterocycles. The number of nitrogens with one attached hydrogen (secondary N) is 1. The van der Waals surface area contributed by atoms with Gasteiger partial charge in [0.25, 0.3) is 5.91 Å². The number of thiophene rings is 1. The lowest BCUT2D eigenvalue weighted by molar-refractivity contribution is 0.0951. The molecule has 2 aromatic rings. The summed E-state index contributed by atoms with van der Waals surface area (Å²) in [5.41, 5.74) is 14.0. The second-order valence-corrected chi connectivity index (χ2v) is 5.10. The SMILES string of the molecule is Cc1ccsc1CNC(=O)c1cc(N)cc(N)c1. The molecule has 0 bridgehead atoms. The first kappa shape index (κ1) is 12.4. The number of carbonyl (C=O) groups excluding carboxylic acids is 1. The molecule has 5 N–H and O–H groups in total. The first-order valence-electron chi connectivity index (χ1n) is 5.53. The molecule has 1 aromatic carbocycles. The predicted octanol–water partition coefficient (Wildman–Crippen LogP) is 2.15. The van der Waals surface area contributed by atoms with Gasteiger partial charge >= 0.3 is 0 Å². The van der Waals surface area contributed by atoms with E-state index >= 15 is 0 Å². The molecule has 0 saturated heterocycles. The lowest BCUT2D eigenvalue weighted by Gasteiger charge is -2.06. The Balaban J connectivity index is 2.06. The average Bonchev–Trinajstić information content (AvgIpc) is 2.70. The fourth-order valence-corrected chi connectivity index (χ4v) is 2.50. The quantitative estimate of drug-likeness (QED) is 0.740. The van der Waals surface area contributed by atoms with Gasteiger partial charge in [-0.05, 0) is 42.1 Å². The first-order valence-corrected chi connectivity index (χ1v) is 6.41. The molecule has 5 heteroatoms. The molecular weight excluding hydrogens is 246 g/mol. The number of hydrogen-bond acceptors (Lipinski definition) is 4. The molecule has 0 aliphatic heterocycles. The zero-order valence-electron chi connectivity index (χ0n) is 10.1. The third kappa shape index (κ3) is 2.81. The van der Waals surface area contributed by atoms with Crippen LogP contribution in [-0.4, -0.2) is 5.91 Å². The molecule has 0 saturated carbocycles. The third-order valence-corrected chi connectivity index (χ3v) is 3.64. The van der Waals surface area contributed by atoms with Gasteiger partial charge in [0.15, 0.2) is 0 Å². The number of nitrogen functional groups attached to an aromatic ring is 2. The molecule has 18 heavy (non-hydrogen) atoms. The standard InChI is InChI=1S/C13H15N3OS/c1-8-2-3-18-12(8)7-16-13(17)9-4-10(14)6-11(15)5-9/h2-6H,7,14-15H2,1H3,(H,16,17). The minimum Gasteiger partial charge on any atom is -0.399 e. The van der Waals surface area contributed by atoms with Crippen LogP contribution in [0.3, 0.4) is 0 Å². The Hall–Kier alpha value is -2.01. The van der Waals surface area contributed by atoms with E-state index in [9.17, 15) is 4.79 Å². The summed E-state index contributed by atoms with van der Waals surface area (Å²) in [7, 11) is 0. The largest absolute Gasteiger partial charge is 0.399 e. The van der Waals surface area contributed by atoms with Gasteiger partial charge < -0.3 is 16.8 Å². The van der Waals surface area contributed by atoms with Crippen molar-refractivity contribution in [1.82, 2.24) is 5.32 Å². The lowest BCUT2D eigenvalue weighted by atomic mass is 10.1. The fraction of sp³-hybridized carbons (Fsp3) is 0.154. The molecule has 0 unspecified atom stereocenters. The first-order chi connectivity index (χ1) is 8.56. The molecule has 1 amide bonds. The van der Waals surface area contributed by atoms with Crippen molar-refractivity contribution in [3.05, 3.63) is 45.6 Å². The summed E-state index contributed by atoms with van der Waals surface area (Å²) in [6, 6.07) is 6.89. The van der Waals surface area contributed by atoms with Gasteiger partial charge in [-0.3, -0.25) is 4.79 Å². The Kier molecular flexibility index (Phi) is 3.53. The highest BCUT2D eigenvalue weighted by molar-refractivity contribution is 7.10.